The van der Waals surface area contributed by atoms with E-state index in [1.807, 2.05) is 4.40 Å². The Morgan fingerprint density at radius 3 is 3.11 bits per heavy atom. The van der Waals surface area contributed by atoms with Crippen molar-refractivity contribution in [3.63, 3.8) is 0 Å². The van der Waals surface area contributed by atoms with E-state index in [1.54, 1.807) is 18.3 Å². The third-order valence-electron chi connectivity index (χ3n) is 3.26. The maximum Gasteiger partial charge on any atom is 0.356 e. The minimum atomic E-state index is -1.02. The van der Waals surface area contributed by atoms with Gasteiger partial charge in [-0.2, -0.15) is 0 Å². The van der Waals surface area contributed by atoms with Crippen LogP contribution in [-0.2, 0) is 0 Å². The second-order valence-electron chi connectivity index (χ2n) is 4.41. The van der Waals surface area contributed by atoms with Crippen LogP contribution in [0.5, 0.6) is 0 Å². The lowest BCUT2D eigenvalue weighted by molar-refractivity contribution is 0.0693. The molecule has 0 aliphatic carbocycles. The van der Waals surface area contributed by atoms with Crippen molar-refractivity contribution in [1.29, 1.82) is 0 Å². The highest BCUT2D eigenvalue weighted by Crippen LogP contribution is 2.26. The highest BCUT2D eigenvalue weighted by atomic mass is 35.5. The topological polar surface area (TPSA) is 66.6 Å². The van der Waals surface area contributed by atoms with E-state index in [0.29, 0.717) is 10.5 Å². The predicted octanol–water partition coefficient (Wildman–Crippen LogP) is 1.76. The average molecular weight is 266 g/mol. The number of pyridine rings is 1. The zero-order chi connectivity index (χ0) is 12.7. The molecule has 6 heteroatoms. The molecule has 1 unspecified atom stereocenters. The summed E-state index contributed by atoms with van der Waals surface area (Å²) in [5, 5.41) is 13.0. The minimum absolute atomic E-state index is 0.0689. The third kappa shape index (κ3) is 1.76. The Kier molecular flexibility index (Phi) is 2.72. The monoisotopic (exact) mass is 265 g/mol. The predicted molar refractivity (Wildman–Crippen MR) is 67.4 cm³/mol. The molecule has 94 valence electrons. The number of imidazole rings is 1. The summed E-state index contributed by atoms with van der Waals surface area (Å²) in [7, 11) is 0. The van der Waals surface area contributed by atoms with Gasteiger partial charge in [0.25, 0.3) is 0 Å². The summed E-state index contributed by atoms with van der Waals surface area (Å²) in [6.07, 6.45) is 2.76. The van der Waals surface area contributed by atoms with Gasteiger partial charge < -0.3 is 14.8 Å². The summed E-state index contributed by atoms with van der Waals surface area (Å²) < 4.78 is 1.83. The smallest absolute Gasteiger partial charge is 0.356 e. The van der Waals surface area contributed by atoms with Crippen LogP contribution in [-0.4, -0.2) is 33.6 Å². The van der Waals surface area contributed by atoms with Gasteiger partial charge in [-0.25, -0.2) is 9.78 Å². The molecule has 0 bridgehead atoms. The molecule has 0 amide bonds. The van der Waals surface area contributed by atoms with E-state index in [0.717, 1.165) is 25.3 Å². The van der Waals surface area contributed by atoms with Gasteiger partial charge in [-0.15, -0.1) is 0 Å². The second-order valence-corrected chi connectivity index (χ2v) is 4.85. The van der Waals surface area contributed by atoms with E-state index in [1.165, 1.54) is 0 Å². The van der Waals surface area contributed by atoms with Crippen LogP contribution in [0.4, 0.5) is 0 Å². The number of carboxylic acid groups (broad SMARTS) is 1. The molecule has 5 nitrogen and oxygen atoms in total. The van der Waals surface area contributed by atoms with Crippen LogP contribution < -0.4 is 5.32 Å². The van der Waals surface area contributed by atoms with Crippen molar-refractivity contribution in [3.8, 4) is 0 Å². The van der Waals surface area contributed by atoms with Crippen molar-refractivity contribution in [2.24, 2.45) is 0 Å². The van der Waals surface area contributed by atoms with Gasteiger partial charge in [-0.05, 0) is 25.1 Å². The van der Waals surface area contributed by atoms with Crippen molar-refractivity contribution < 1.29 is 9.90 Å². The van der Waals surface area contributed by atoms with Gasteiger partial charge in [-0.1, -0.05) is 11.6 Å². The normalized spacial score (nSPS) is 19.5. The molecule has 3 rings (SSSR count). The van der Waals surface area contributed by atoms with Crippen LogP contribution in [0, 0.1) is 0 Å². The van der Waals surface area contributed by atoms with Crippen LogP contribution in [0.2, 0.25) is 5.02 Å². The van der Waals surface area contributed by atoms with Gasteiger partial charge in [0.1, 0.15) is 5.82 Å². The summed E-state index contributed by atoms with van der Waals surface area (Å²) in [5.74, 6) is 0.0304. The van der Waals surface area contributed by atoms with Crippen molar-refractivity contribution in [2.45, 2.75) is 12.3 Å². The number of fused-ring (bicyclic) bond motifs is 1. The van der Waals surface area contributed by atoms with Crippen LogP contribution >= 0.6 is 11.6 Å². The fourth-order valence-corrected chi connectivity index (χ4v) is 2.56. The first-order valence-electron chi connectivity index (χ1n) is 5.78. The lowest BCUT2D eigenvalue weighted by Crippen LogP contribution is -2.10. The number of rotatable bonds is 2. The van der Waals surface area contributed by atoms with E-state index < -0.39 is 5.97 Å². The lowest BCUT2D eigenvalue weighted by Gasteiger charge is -2.06. The van der Waals surface area contributed by atoms with Crippen LogP contribution in [0.1, 0.15) is 28.7 Å². The molecule has 18 heavy (non-hydrogen) atoms. The first-order chi connectivity index (χ1) is 8.66. The van der Waals surface area contributed by atoms with Crippen molar-refractivity contribution in [3.05, 3.63) is 34.9 Å². The molecule has 0 saturated carbocycles. The van der Waals surface area contributed by atoms with Gasteiger partial charge >= 0.3 is 5.97 Å². The molecule has 1 saturated heterocycles. The van der Waals surface area contributed by atoms with E-state index in [9.17, 15) is 9.90 Å². The summed E-state index contributed by atoms with van der Waals surface area (Å²) in [6, 6.07) is 3.39. The fourth-order valence-electron chi connectivity index (χ4n) is 2.40. The molecule has 2 N–H and O–H groups in total. The maximum atomic E-state index is 11.2. The molecule has 1 aliphatic heterocycles. The van der Waals surface area contributed by atoms with Gasteiger partial charge in [0, 0.05) is 23.7 Å². The van der Waals surface area contributed by atoms with Gasteiger partial charge in [0.2, 0.25) is 0 Å². The Balaban J connectivity index is 2.22. The number of hydrogen-bond donors (Lipinski definition) is 2. The SMILES string of the molecule is O=C(O)c1nc(C2CCNC2)n2ccc(Cl)cc12. The van der Waals surface area contributed by atoms with E-state index in [4.69, 9.17) is 11.6 Å². The molecular weight excluding hydrogens is 254 g/mol. The Hall–Kier alpha value is -1.59. The summed E-state index contributed by atoms with van der Waals surface area (Å²) in [6.45, 7) is 1.77. The first kappa shape index (κ1) is 11.5. The number of carbonyl (C=O) groups is 1. The lowest BCUT2D eigenvalue weighted by atomic mass is 10.1. The Labute approximate surface area is 108 Å². The number of carboxylic acids is 1. The molecule has 3 heterocycles. The number of aromatic nitrogens is 2. The van der Waals surface area contributed by atoms with Gasteiger partial charge in [0.15, 0.2) is 5.69 Å². The second kappa shape index (κ2) is 4.26. The molecule has 0 radical (unpaired) electrons. The molecule has 0 aromatic carbocycles. The molecule has 1 atom stereocenters. The number of nitrogens with zero attached hydrogens (tertiary/aromatic N) is 2. The van der Waals surface area contributed by atoms with Crippen LogP contribution in [0.3, 0.4) is 0 Å². The van der Waals surface area contributed by atoms with Crippen LogP contribution in [0.25, 0.3) is 5.52 Å². The molecular formula is C12H12ClN3O2. The molecule has 2 aromatic heterocycles. The number of halogens is 1. The molecule has 1 fully saturated rings. The molecule has 1 aliphatic rings. The zero-order valence-corrected chi connectivity index (χ0v) is 10.3. The Bertz CT molecular complexity index is 617. The quantitative estimate of drug-likeness (QED) is 0.868. The highest BCUT2D eigenvalue weighted by Gasteiger charge is 2.25. The Morgan fingerprint density at radius 1 is 1.61 bits per heavy atom. The first-order valence-corrected chi connectivity index (χ1v) is 6.16. The molecule has 0 spiro atoms. The standard InChI is InChI=1S/C12H12ClN3O2/c13-8-2-4-16-9(5-8)10(12(17)18)15-11(16)7-1-3-14-6-7/h2,4-5,7,14H,1,3,6H2,(H,17,18). The Morgan fingerprint density at radius 2 is 2.44 bits per heavy atom. The highest BCUT2D eigenvalue weighted by molar-refractivity contribution is 6.31. The van der Waals surface area contributed by atoms with Crippen molar-refractivity contribution in [1.82, 2.24) is 14.7 Å². The fraction of sp³-hybridized carbons (Fsp3) is 0.333. The summed E-state index contributed by atoms with van der Waals surface area (Å²) >= 11 is 5.92. The van der Waals surface area contributed by atoms with Crippen molar-refractivity contribution in [2.75, 3.05) is 13.1 Å². The maximum absolute atomic E-state index is 11.2. The van der Waals surface area contributed by atoms with Crippen molar-refractivity contribution >= 4 is 23.1 Å². The van der Waals surface area contributed by atoms with E-state index in [2.05, 4.69) is 10.3 Å². The zero-order valence-electron chi connectivity index (χ0n) is 9.56. The van der Waals surface area contributed by atoms with Gasteiger partial charge in [0.05, 0.1) is 5.52 Å². The van der Waals surface area contributed by atoms with E-state index >= 15 is 0 Å². The summed E-state index contributed by atoms with van der Waals surface area (Å²) in [4.78, 5) is 15.5. The van der Waals surface area contributed by atoms with E-state index in [-0.39, 0.29) is 11.6 Å². The minimum Gasteiger partial charge on any atom is -0.476 e. The largest absolute Gasteiger partial charge is 0.476 e. The average Bonchev–Trinajstić information content (AvgIpc) is 2.93. The number of hydrogen-bond acceptors (Lipinski definition) is 3. The molecule has 2 aromatic rings. The van der Waals surface area contributed by atoms with Gasteiger partial charge in [-0.3, -0.25) is 0 Å². The number of aromatic carboxylic acids is 1. The third-order valence-corrected chi connectivity index (χ3v) is 3.50. The summed E-state index contributed by atoms with van der Waals surface area (Å²) in [5.41, 5.74) is 0.622. The number of nitrogens with one attached hydrogen (secondary N) is 1. The van der Waals surface area contributed by atoms with Crippen LogP contribution in [0.15, 0.2) is 18.3 Å².